The predicted octanol–water partition coefficient (Wildman–Crippen LogP) is 4.57. The van der Waals surface area contributed by atoms with Crippen molar-refractivity contribution in [2.45, 2.75) is 89.9 Å². The molecule has 0 aromatic heterocycles. The molecule has 0 radical (unpaired) electrons. The Bertz CT molecular complexity index is 991. The van der Waals surface area contributed by atoms with Gasteiger partial charge in [-0.2, -0.15) is 0 Å². The van der Waals surface area contributed by atoms with E-state index in [2.05, 4.69) is 24.8 Å². The third kappa shape index (κ3) is 6.58. The zero-order valence-electron chi connectivity index (χ0n) is 21.4. The van der Waals surface area contributed by atoms with Crippen LogP contribution in [0.25, 0.3) is 0 Å². The Labute approximate surface area is 214 Å². The molecule has 0 amide bonds. The molecule has 1 aliphatic carbocycles. The van der Waals surface area contributed by atoms with E-state index in [0.717, 1.165) is 56.3 Å². The second-order valence-corrected chi connectivity index (χ2v) is 9.87. The maximum absolute atomic E-state index is 11.5. The van der Waals surface area contributed by atoms with Crippen molar-refractivity contribution in [1.82, 2.24) is 4.90 Å². The van der Waals surface area contributed by atoms with Crippen LogP contribution in [0.5, 0.6) is 11.5 Å². The molecule has 2 aromatic carbocycles. The van der Waals surface area contributed by atoms with Gasteiger partial charge >= 0.3 is 5.97 Å². The first-order valence-electron chi connectivity index (χ1n) is 13.3. The van der Waals surface area contributed by atoms with Gasteiger partial charge in [-0.3, -0.25) is 0 Å². The quantitative estimate of drug-likeness (QED) is 0.470. The maximum Gasteiger partial charge on any atom is 0.333 e. The minimum Gasteiger partial charge on any atom is -0.485 e. The van der Waals surface area contributed by atoms with Crippen molar-refractivity contribution in [3.63, 3.8) is 0 Å². The molecule has 1 heterocycles. The summed E-state index contributed by atoms with van der Waals surface area (Å²) in [5.74, 6) is 0.140. The van der Waals surface area contributed by atoms with Gasteiger partial charge in [-0.15, -0.1) is 0 Å². The highest BCUT2D eigenvalue weighted by molar-refractivity contribution is 5.72. The average molecular weight is 498 g/mol. The standard InChI is InChI=1S/C29H39NO6/c1-3-14-30(15-4-2)22-11-12-24-21(16-22)10-13-25(34-19-20-8-6-5-7-9-20)28(24)36-27-18-23(31)17-26(35-27)29(32)33/h5-10,13,22-23,26-27,31H,3-4,11-12,14-19H2,1-2H3,(H,32,33)/t22-,23?,26-,27-/m0/s1. The largest absolute Gasteiger partial charge is 0.485 e. The normalized spacial score (nSPS) is 23.8. The average Bonchev–Trinajstić information content (AvgIpc) is 2.88. The number of nitrogens with zero attached hydrogens (tertiary/aromatic N) is 1. The molecule has 4 rings (SSSR count). The molecule has 2 N–H and O–H groups in total. The minimum atomic E-state index is -1.09. The van der Waals surface area contributed by atoms with Gasteiger partial charge in [0.2, 0.25) is 6.29 Å². The third-order valence-corrected chi connectivity index (χ3v) is 7.07. The van der Waals surface area contributed by atoms with E-state index in [1.54, 1.807) is 0 Å². The third-order valence-electron chi connectivity index (χ3n) is 7.07. The fraction of sp³-hybridized carbons (Fsp3) is 0.552. The number of benzene rings is 2. The van der Waals surface area contributed by atoms with Crippen LogP contribution in [-0.4, -0.2) is 58.7 Å². The van der Waals surface area contributed by atoms with Crippen LogP contribution in [0.15, 0.2) is 42.5 Å². The van der Waals surface area contributed by atoms with Crippen LogP contribution < -0.4 is 9.47 Å². The number of fused-ring (bicyclic) bond motifs is 1. The number of carboxylic acid groups (broad SMARTS) is 1. The van der Waals surface area contributed by atoms with E-state index in [4.69, 9.17) is 14.2 Å². The maximum atomic E-state index is 11.5. The van der Waals surface area contributed by atoms with Crippen LogP contribution in [0, 0.1) is 0 Å². The zero-order valence-corrected chi connectivity index (χ0v) is 21.4. The fourth-order valence-corrected chi connectivity index (χ4v) is 5.35. The molecule has 0 saturated carbocycles. The van der Waals surface area contributed by atoms with Gasteiger partial charge in [0, 0.05) is 24.4 Å². The molecule has 2 aromatic rings. The molecule has 0 spiro atoms. The van der Waals surface area contributed by atoms with Gasteiger partial charge in [-0.05, 0) is 62.4 Å². The Kier molecular flexibility index (Phi) is 9.24. The fourth-order valence-electron chi connectivity index (χ4n) is 5.35. The van der Waals surface area contributed by atoms with Gasteiger partial charge in [0.25, 0.3) is 0 Å². The number of aliphatic carboxylic acids is 1. The van der Waals surface area contributed by atoms with Crippen molar-refractivity contribution in [2.75, 3.05) is 13.1 Å². The summed E-state index contributed by atoms with van der Waals surface area (Å²) in [7, 11) is 0. The van der Waals surface area contributed by atoms with Crippen molar-refractivity contribution in [2.24, 2.45) is 0 Å². The summed E-state index contributed by atoms with van der Waals surface area (Å²) in [6.45, 7) is 7.04. The van der Waals surface area contributed by atoms with E-state index in [1.165, 1.54) is 5.56 Å². The Balaban J connectivity index is 1.60. The molecule has 36 heavy (non-hydrogen) atoms. The molecule has 1 fully saturated rings. The highest BCUT2D eigenvalue weighted by Crippen LogP contribution is 2.40. The van der Waals surface area contributed by atoms with Gasteiger partial charge < -0.3 is 29.3 Å². The van der Waals surface area contributed by atoms with Crippen molar-refractivity contribution in [3.8, 4) is 11.5 Å². The lowest BCUT2D eigenvalue weighted by Gasteiger charge is -2.37. The highest BCUT2D eigenvalue weighted by atomic mass is 16.7. The van der Waals surface area contributed by atoms with E-state index < -0.39 is 24.5 Å². The van der Waals surface area contributed by atoms with Crippen molar-refractivity contribution in [3.05, 3.63) is 59.2 Å². The number of rotatable bonds is 11. The number of carbonyl (C=O) groups is 1. The van der Waals surface area contributed by atoms with E-state index in [-0.39, 0.29) is 12.8 Å². The van der Waals surface area contributed by atoms with Crippen LogP contribution in [0.2, 0.25) is 0 Å². The second kappa shape index (κ2) is 12.6. The van der Waals surface area contributed by atoms with E-state index in [9.17, 15) is 15.0 Å². The van der Waals surface area contributed by atoms with Crippen LogP contribution in [0.1, 0.15) is 62.6 Å². The molecule has 4 atom stereocenters. The van der Waals surface area contributed by atoms with Gasteiger partial charge in [0.05, 0.1) is 6.10 Å². The number of hydrogen-bond donors (Lipinski definition) is 2. The van der Waals surface area contributed by atoms with Crippen molar-refractivity contribution in [1.29, 1.82) is 0 Å². The Hall–Kier alpha value is -2.61. The molecule has 196 valence electrons. The van der Waals surface area contributed by atoms with Crippen LogP contribution >= 0.6 is 0 Å². The lowest BCUT2D eigenvalue weighted by atomic mass is 9.86. The summed E-state index contributed by atoms with van der Waals surface area (Å²) in [4.78, 5) is 14.1. The Morgan fingerprint density at radius 3 is 2.53 bits per heavy atom. The van der Waals surface area contributed by atoms with Crippen molar-refractivity contribution < 1.29 is 29.2 Å². The summed E-state index contributed by atoms with van der Waals surface area (Å²) < 4.78 is 18.3. The van der Waals surface area contributed by atoms with Gasteiger partial charge in [0.15, 0.2) is 17.6 Å². The summed E-state index contributed by atoms with van der Waals surface area (Å²) in [5, 5.41) is 19.7. The molecule has 7 heteroatoms. The van der Waals surface area contributed by atoms with E-state index in [0.29, 0.717) is 24.1 Å². The lowest BCUT2D eigenvalue weighted by molar-refractivity contribution is -0.195. The first kappa shape index (κ1) is 26.5. The summed E-state index contributed by atoms with van der Waals surface area (Å²) in [5.41, 5.74) is 3.38. The predicted molar refractivity (Wildman–Crippen MR) is 137 cm³/mol. The minimum absolute atomic E-state index is 0.0613. The second-order valence-electron chi connectivity index (χ2n) is 9.87. The monoisotopic (exact) mass is 497 g/mol. The van der Waals surface area contributed by atoms with Crippen LogP contribution in [0.3, 0.4) is 0 Å². The molecule has 0 bridgehead atoms. The lowest BCUT2D eigenvalue weighted by Crippen LogP contribution is -2.43. The number of aliphatic hydroxyl groups excluding tert-OH is 1. The van der Waals surface area contributed by atoms with Crippen molar-refractivity contribution >= 4 is 5.97 Å². The van der Waals surface area contributed by atoms with Gasteiger partial charge in [-0.25, -0.2) is 4.79 Å². The Morgan fingerprint density at radius 2 is 1.83 bits per heavy atom. The first-order chi connectivity index (χ1) is 17.5. The Morgan fingerprint density at radius 1 is 1.08 bits per heavy atom. The summed E-state index contributed by atoms with van der Waals surface area (Å²) in [6, 6.07) is 14.5. The van der Waals surface area contributed by atoms with Gasteiger partial charge in [-0.1, -0.05) is 50.2 Å². The van der Waals surface area contributed by atoms with Crippen LogP contribution in [-0.2, 0) is 29.0 Å². The molecule has 2 aliphatic rings. The number of aliphatic hydroxyl groups is 1. The number of hydrogen-bond acceptors (Lipinski definition) is 6. The first-order valence-corrected chi connectivity index (χ1v) is 13.3. The summed E-state index contributed by atoms with van der Waals surface area (Å²) >= 11 is 0. The molecule has 1 aliphatic heterocycles. The smallest absolute Gasteiger partial charge is 0.333 e. The molecular weight excluding hydrogens is 458 g/mol. The number of carboxylic acids is 1. The van der Waals surface area contributed by atoms with Crippen LogP contribution in [0.4, 0.5) is 0 Å². The van der Waals surface area contributed by atoms with E-state index in [1.807, 2.05) is 36.4 Å². The SMILES string of the molecule is CCCN(CCC)[C@H]1CCc2c(ccc(OCc3ccccc3)c2O[C@H]2CC(O)C[C@@H](C(=O)O)O2)C1. The topological polar surface area (TPSA) is 88.5 Å². The zero-order chi connectivity index (χ0) is 25.5. The summed E-state index contributed by atoms with van der Waals surface area (Å²) in [6.07, 6.45) is 2.63. The number of ether oxygens (including phenoxy) is 3. The molecule has 1 unspecified atom stereocenters. The molecule has 1 saturated heterocycles. The molecular formula is C29H39NO6. The van der Waals surface area contributed by atoms with E-state index >= 15 is 0 Å². The highest BCUT2D eigenvalue weighted by Gasteiger charge is 2.35. The van der Waals surface area contributed by atoms with Gasteiger partial charge in [0.1, 0.15) is 6.61 Å². The molecule has 7 nitrogen and oxygen atoms in total.